The van der Waals surface area contributed by atoms with Crippen molar-refractivity contribution in [3.8, 4) is 11.1 Å². The zero-order chi connectivity index (χ0) is 31.6. The largest absolute Gasteiger partial charge is 0.392 e. The Kier molecular flexibility index (Phi) is 11.3. The van der Waals surface area contributed by atoms with Gasteiger partial charge in [-0.15, -0.1) is 5.10 Å². The maximum absolute atomic E-state index is 12.2. The lowest BCUT2D eigenvalue weighted by molar-refractivity contribution is -0.245. The number of hydroxylamine groups is 1. The molecule has 1 aliphatic heterocycles. The highest BCUT2D eigenvalue weighted by atomic mass is 32.2. The van der Waals surface area contributed by atoms with Crippen molar-refractivity contribution in [3.05, 3.63) is 95.1 Å². The number of ether oxygens (including phenoxy) is 2. The highest BCUT2D eigenvalue weighted by molar-refractivity contribution is 7.99. The molecule has 3 atom stereocenters. The molecule has 2 amide bonds. The lowest BCUT2D eigenvalue weighted by Crippen LogP contribution is -2.31. The molecule has 0 radical (unpaired) electrons. The molecule has 1 saturated heterocycles. The van der Waals surface area contributed by atoms with Crippen LogP contribution in [0.2, 0.25) is 0 Å². The van der Waals surface area contributed by atoms with Gasteiger partial charge in [-0.2, -0.15) is 0 Å². The number of hydrogen-bond acceptors (Lipinski definition) is 10. The summed E-state index contributed by atoms with van der Waals surface area (Å²) in [6.45, 7) is 0.332. The van der Waals surface area contributed by atoms with Crippen LogP contribution in [0.15, 0.2) is 78.0 Å². The average molecular weight is 633 g/mol. The Morgan fingerprint density at radius 2 is 1.71 bits per heavy atom. The van der Waals surface area contributed by atoms with Gasteiger partial charge in [0.15, 0.2) is 6.29 Å². The first-order valence-corrected chi connectivity index (χ1v) is 15.6. The van der Waals surface area contributed by atoms with Crippen molar-refractivity contribution >= 4 is 23.6 Å². The second kappa shape index (κ2) is 15.7. The predicted octanol–water partition coefficient (Wildman–Crippen LogP) is 4.00. The van der Waals surface area contributed by atoms with E-state index >= 15 is 0 Å². The van der Waals surface area contributed by atoms with Crippen molar-refractivity contribution in [2.24, 2.45) is 7.05 Å². The van der Waals surface area contributed by atoms with Crippen LogP contribution in [-0.2, 0) is 39.3 Å². The molecule has 236 valence electrons. The van der Waals surface area contributed by atoms with E-state index < -0.39 is 12.2 Å². The number of aromatic nitrogens is 4. The Bertz CT molecular complexity index is 1580. The van der Waals surface area contributed by atoms with Crippen molar-refractivity contribution < 1.29 is 29.4 Å². The summed E-state index contributed by atoms with van der Waals surface area (Å²) in [6, 6.07) is 23.8. The normalized spacial score (nSPS) is 18.0. The van der Waals surface area contributed by atoms with E-state index in [1.54, 1.807) is 17.2 Å². The Balaban J connectivity index is 1.29. The lowest BCUT2D eigenvalue weighted by Gasteiger charge is -2.36. The SMILES string of the molecule is Cn1nnnc1SCC1CC(c2ccc(CO)cc2)OC(c2cccc(-c3cccc(CNC(=O)CCCC(=O)NO)c3)c2)O1. The molecule has 3 aromatic carbocycles. The minimum atomic E-state index is -0.611. The molecule has 13 heteroatoms. The van der Waals surface area contributed by atoms with Crippen LogP contribution in [0.25, 0.3) is 11.1 Å². The van der Waals surface area contributed by atoms with Crippen LogP contribution in [0, 0.1) is 0 Å². The van der Waals surface area contributed by atoms with E-state index in [0.717, 1.165) is 33.4 Å². The summed E-state index contributed by atoms with van der Waals surface area (Å²) in [4.78, 5) is 23.4. The van der Waals surface area contributed by atoms with E-state index in [2.05, 4.69) is 26.9 Å². The number of aryl methyl sites for hydroxylation is 1. The molecule has 0 aliphatic carbocycles. The smallest absolute Gasteiger partial charge is 0.243 e. The average Bonchev–Trinajstić information content (AvgIpc) is 3.50. The molecule has 5 rings (SSSR count). The second-order valence-corrected chi connectivity index (χ2v) is 11.7. The summed E-state index contributed by atoms with van der Waals surface area (Å²) in [5.74, 6) is -0.0344. The standard InChI is InChI=1S/C32H36N6O6S/c1-38-32(34-36-37-38)45-20-27-17-28(23-13-11-21(19-39)12-14-23)44-31(43-27)26-8-3-7-25(16-26)24-6-2-5-22(15-24)18-33-29(40)9-4-10-30(41)35-42/h2-3,5-8,11-16,27-28,31,39,42H,4,9-10,17-20H2,1H3,(H,33,40)(H,35,41). The van der Waals surface area contributed by atoms with Gasteiger partial charge in [0.05, 0.1) is 18.8 Å². The molecule has 0 saturated carbocycles. The predicted molar refractivity (Wildman–Crippen MR) is 165 cm³/mol. The van der Waals surface area contributed by atoms with Crippen LogP contribution in [0.4, 0.5) is 0 Å². The topological polar surface area (TPSA) is 161 Å². The molecule has 1 fully saturated rings. The zero-order valence-corrected chi connectivity index (χ0v) is 25.7. The second-order valence-electron chi connectivity index (χ2n) is 10.7. The minimum absolute atomic E-state index is 0.0194. The van der Waals surface area contributed by atoms with Crippen LogP contribution in [0.5, 0.6) is 0 Å². The van der Waals surface area contributed by atoms with E-state index in [1.165, 1.54) is 11.8 Å². The van der Waals surface area contributed by atoms with E-state index in [4.69, 9.17) is 14.7 Å². The van der Waals surface area contributed by atoms with E-state index in [-0.39, 0.29) is 37.6 Å². The van der Waals surface area contributed by atoms with Gasteiger partial charge in [-0.05, 0) is 56.8 Å². The molecule has 2 heterocycles. The monoisotopic (exact) mass is 632 g/mol. The molecule has 0 spiro atoms. The number of tetrazole rings is 1. The number of nitrogens with one attached hydrogen (secondary N) is 2. The highest BCUT2D eigenvalue weighted by Crippen LogP contribution is 2.40. The van der Waals surface area contributed by atoms with Gasteiger partial charge in [-0.3, -0.25) is 14.8 Å². The number of hydrogen-bond donors (Lipinski definition) is 4. The number of aliphatic hydroxyl groups excluding tert-OH is 1. The fourth-order valence-electron chi connectivity index (χ4n) is 5.01. The minimum Gasteiger partial charge on any atom is -0.392 e. The Morgan fingerprint density at radius 3 is 2.44 bits per heavy atom. The quantitative estimate of drug-likeness (QED) is 0.0964. The van der Waals surface area contributed by atoms with Crippen molar-refractivity contribution in [2.45, 2.75) is 62.5 Å². The van der Waals surface area contributed by atoms with Gasteiger partial charge in [-0.25, -0.2) is 10.2 Å². The maximum atomic E-state index is 12.2. The van der Waals surface area contributed by atoms with Crippen molar-refractivity contribution in [1.82, 2.24) is 31.0 Å². The van der Waals surface area contributed by atoms with Gasteiger partial charge in [0, 0.05) is 44.2 Å². The number of carbonyl (C=O) groups excluding carboxylic acids is 2. The number of thioether (sulfide) groups is 1. The third-order valence-electron chi connectivity index (χ3n) is 7.44. The Labute approximate surface area is 265 Å². The first-order chi connectivity index (χ1) is 21.9. The van der Waals surface area contributed by atoms with E-state index in [0.29, 0.717) is 30.3 Å². The van der Waals surface area contributed by atoms with Crippen molar-refractivity contribution in [3.63, 3.8) is 0 Å². The van der Waals surface area contributed by atoms with Crippen LogP contribution < -0.4 is 10.8 Å². The Hall–Kier alpha value is -4.14. The molecular weight excluding hydrogens is 596 g/mol. The van der Waals surface area contributed by atoms with Crippen LogP contribution in [0.1, 0.15) is 60.3 Å². The first-order valence-electron chi connectivity index (χ1n) is 14.7. The van der Waals surface area contributed by atoms with Crippen LogP contribution in [0.3, 0.4) is 0 Å². The molecule has 1 aromatic heterocycles. The van der Waals surface area contributed by atoms with Gasteiger partial charge in [0.2, 0.25) is 17.0 Å². The third kappa shape index (κ3) is 8.96. The molecule has 1 aliphatic rings. The number of benzene rings is 3. The number of amides is 2. The molecule has 4 aromatic rings. The summed E-state index contributed by atoms with van der Waals surface area (Å²) < 4.78 is 14.7. The van der Waals surface area contributed by atoms with E-state index in [1.807, 2.05) is 66.7 Å². The molecule has 4 N–H and O–H groups in total. The summed E-state index contributed by atoms with van der Waals surface area (Å²) in [6.07, 6.45) is 0.310. The van der Waals surface area contributed by atoms with E-state index in [9.17, 15) is 14.7 Å². The van der Waals surface area contributed by atoms with Gasteiger partial charge in [-0.1, -0.05) is 72.4 Å². The van der Waals surface area contributed by atoms with Crippen molar-refractivity contribution in [1.29, 1.82) is 0 Å². The summed E-state index contributed by atoms with van der Waals surface area (Å²) in [5, 5.41) is 33.4. The number of aliphatic hydroxyl groups is 1. The molecular formula is C32H36N6O6S. The van der Waals surface area contributed by atoms with Crippen molar-refractivity contribution in [2.75, 3.05) is 5.75 Å². The lowest BCUT2D eigenvalue weighted by atomic mass is 9.99. The fourth-order valence-corrected chi connectivity index (χ4v) is 5.88. The van der Waals surface area contributed by atoms with Crippen LogP contribution in [-0.4, -0.2) is 54.2 Å². The summed E-state index contributed by atoms with van der Waals surface area (Å²) in [7, 11) is 1.80. The molecule has 3 unspecified atom stereocenters. The van der Waals surface area contributed by atoms with Crippen LogP contribution >= 0.6 is 11.8 Å². The zero-order valence-electron chi connectivity index (χ0n) is 24.8. The maximum Gasteiger partial charge on any atom is 0.243 e. The first kappa shape index (κ1) is 32.3. The number of carbonyl (C=O) groups is 2. The number of nitrogens with zero attached hydrogens (tertiary/aromatic N) is 4. The third-order valence-corrected chi connectivity index (χ3v) is 8.58. The summed E-state index contributed by atoms with van der Waals surface area (Å²) in [5.41, 5.74) is 7.20. The van der Waals surface area contributed by atoms with Gasteiger partial charge >= 0.3 is 0 Å². The molecule has 12 nitrogen and oxygen atoms in total. The number of rotatable bonds is 13. The summed E-state index contributed by atoms with van der Waals surface area (Å²) >= 11 is 1.53. The van der Waals surface area contributed by atoms with Gasteiger partial charge in [0.1, 0.15) is 0 Å². The molecule has 0 bridgehead atoms. The Morgan fingerprint density at radius 1 is 0.956 bits per heavy atom. The van der Waals surface area contributed by atoms with Gasteiger partial charge in [0.25, 0.3) is 0 Å². The fraction of sp³-hybridized carbons (Fsp3) is 0.344. The molecule has 45 heavy (non-hydrogen) atoms. The van der Waals surface area contributed by atoms with Gasteiger partial charge < -0.3 is 19.9 Å². The highest BCUT2D eigenvalue weighted by Gasteiger charge is 2.32.